The molecule has 35 heavy (non-hydrogen) atoms. The largest absolute Gasteiger partial charge is 0.322 e. The highest BCUT2D eigenvalue weighted by molar-refractivity contribution is 6.32. The molecule has 1 aliphatic heterocycles. The zero-order valence-electron chi connectivity index (χ0n) is 20.4. The van der Waals surface area contributed by atoms with Crippen molar-refractivity contribution in [3.63, 3.8) is 0 Å². The second kappa shape index (κ2) is 10.5. The van der Waals surface area contributed by atoms with Gasteiger partial charge in [-0.3, -0.25) is 5.01 Å². The summed E-state index contributed by atoms with van der Waals surface area (Å²) in [7, 11) is 0. The highest BCUT2D eigenvalue weighted by atomic mass is 35.5. The van der Waals surface area contributed by atoms with Crippen molar-refractivity contribution in [2.24, 2.45) is 5.10 Å². The Morgan fingerprint density at radius 2 is 1.40 bits per heavy atom. The number of hydrogen-bond donors (Lipinski definition) is 1. The van der Waals surface area contributed by atoms with Crippen LogP contribution in [0, 0.1) is 13.8 Å². The molecule has 1 aliphatic rings. The fraction of sp³-hybridized carbons (Fsp3) is 0.233. The number of hydrazone groups is 1. The molecule has 0 radical (unpaired) electrons. The maximum atomic E-state index is 6.47. The molecule has 178 valence electrons. The van der Waals surface area contributed by atoms with E-state index in [1.807, 2.05) is 24.4 Å². The van der Waals surface area contributed by atoms with Crippen molar-refractivity contribution in [2.45, 2.75) is 19.9 Å². The Hall–Kier alpha value is -3.34. The van der Waals surface area contributed by atoms with E-state index in [9.17, 15) is 0 Å². The Bertz CT molecular complexity index is 1250. The van der Waals surface area contributed by atoms with E-state index in [0.29, 0.717) is 6.04 Å². The number of quaternary nitrogens is 1. The van der Waals surface area contributed by atoms with Crippen LogP contribution in [-0.4, -0.2) is 42.0 Å². The number of benzene rings is 3. The molecule has 0 bridgehead atoms. The van der Waals surface area contributed by atoms with E-state index in [4.69, 9.17) is 16.7 Å². The maximum Gasteiger partial charge on any atom is 0.139 e. The van der Waals surface area contributed by atoms with Crippen molar-refractivity contribution in [1.29, 1.82) is 0 Å². The van der Waals surface area contributed by atoms with Gasteiger partial charge in [-0.25, -0.2) is 0 Å². The molecule has 4 aromatic rings. The Morgan fingerprint density at radius 3 is 2.00 bits per heavy atom. The molecule has 4 nitrogen and oxygen atoms in total. The normalized spacial score (nSPS) is 14.8. The lowest BCUT2D eigenvalue weighted by Gasteiger charge is -2.35. The van der Waals surface area contributed by atoms with Gasteiger partial charge in [0.15, 0.2) is 0 Å². The van der Waals surface area contributed by atoms with Gasteiger partial charge >= 0.3 is 0 Å². The van der Waals surface area contributed by atoms with Crippen molar-refractivity contribution >= 4 is 17.8 Å². The van der Waals surface area contributed by atoms with Gasteiger partial charge in [0.05, 0.1) is 43.1 Å². The lowest BCUT2D eigenvalue weighted by atomic mass is 9.96. The average molecular weight is 484 g/mol. The first-order valence-electron chi connectivity index (χ1n) is 12.3. The van der Waals surface area contributed by atoms with E-state index in [1.165, 1.54) is 11.1 Å². The topological polar surface area (TPSA) is 25.0 Å². The third kappa shape index (κ3) is 5.04. The van der Waals surface area contributed by atoms with Crippen LogP contribution in [0.15, 0.2) is 96.1 Å². The number of aryl methyl sites for hydroxylation is 1. The summed E-state index contributed by atoms with van der Waals surface area (Å²) in [4.78, 5) is 1.59. The molecule has 2 heterocycles. The summed E-state index contributed by atoms with van der Waals surface area (Å²) < 4.78 is 2.20. The fourth-order valence-corrected chi connectivity index (χ4v) is 5.43. The van der Waals surface area contributed by atoms with Crippen LogP contribution in [0.3, 0.4) is 0 Å². The summed E-state index contributed by atoms with van der Waals surface area (Å²) in [5.41, 5.74) is 7.18. The zero-order valence-corrected chi connectivity index (χ0v) is 21.1. The summed E-state index contributed by atoms with van der Waals surface area (Å²) >= 11 is 6.47. The molecule has 5 rings (SSSR count). The van der Waals surface area contributed by atoms with Gasteiger partial charge in [0.2, 0.25) is 0 Å². The molecule has 0 saturated carbocycles. The van der Waals surface area contributed by atoms with Crippen molar-refractivity contribution in [2.75, 3.05) is 26.2 Å². The van der Waals surface area contributed by atoms with E-state index >= 15 is 0 Å². The second-order valence-electron chi connectivity index (χ2n) is 9.22. The molecule has 0 aliphatic carbocycles. The molecular weight excluding hydrogens is 452 g/mol. The van der Waals surface area contributed by atoms with E-state index in [2.05, 4.69) is 96.2 Å². The molecule has 0 atom stereocenters. The summed E-state index contributed by atoms with van der Waals surface area (Å²) in [5, 5.41) is 7.83. The number of rotatable bonds is 6. The molecule has 1 N–H and O–H groups in total. The average Bonchev–Trinajstić information content (AvgIpc) is 3.18. The number of hydrogen-bond acceptors (Lipinski definition) is 2. The first-order chi connectivity index (χ1) is 17.1. The lowest BCUT2D eigenvalue weighted by molar-refractivity contribution is -0.929. The summed E-state index contributed by atoms with van der Waals surface area (Å²) in [6, 6.07) is 32.3. The molecule has 1 fully saturated rings. The predicted molar refractivity (Wildman–Crippen MR) is 145 cm³/mol. The van der Waals surface area contributed by atoms with Gasteiger partial charge in [0.25, 0.3) is 0 Å². The van der Waals surface area contributed by atoms with Gasteiger partial charge in [0, 0.05) is 28.1 Å². The molecule has 1 saturated heterocycles. The molecular formula is C30H32ClN4+. The van der Waals surface area contributed by atoms with Crippen LogP contribution in [0.25, 0.3) is 5.69 Å². The SMILES string of the molecule is Cc1cc(/C=N\N2CC[NH+](C(c3ccccc3)c3ccccc3)CC2)c(C)n1-c1ccccc1Cl. The number of piperazine rings is 1. The third-order valence-electron chi connectivity index (χ3n) is 6.98. The van der Waals surface area contributed by atoms with Gasteiger partial charge < -0.3 is 9.47 Å². The van der Waals surface area contributed by atoms with Crippen molar-refractivity contribution in [3.05, 3.63) is 124 Å². The van der Waals surface area contributed by atoms with Gasteiger partial charge in [-0.05, 0) is 32.0 Å². The quantitative estimate of drug-likeness (QED) is 0.380. The molecule has 5 heteroatoms. The van der Waals surface area contributed by atoms with Crippen molar-refractivity contribution < 1.29 is 4.90 Å². The minimum absolute atomic E-state index is 0.345. The first kappa shape index (κ1) is 23.4. The van der Waals surface area contributed by atoms with Crippen LogP contribution in [0.1, 0.15) is 34.1 Å². The zero-order chi connectivity index (χ0) is 24.2. The van der Waals surface area contributed by atoms with E-state index < -0.39 is 0 Å². The summed E-state index contributed by atoms with van der Waals surface area (Å²) in [6.45, 7) is 8.21. The number of nitrogens with zero attached hydrogens (tertiary/aromatic N) is 3. The van der Waals surface area contributed by atoms with Gasteiger partial charge in [-0.15, -0.1) is 0 Å². The molecule has 0 unspecified atom stereocenters. The van der Waals surface area contributed by atoms with Crippen molar-refractivity contribution in [1.82, 2.24) is 9.58 Å². The lowest BCUT2D eigenvalue weighted by Crippen LogP contribution is -3.15. The number of nitrogens with one attached hydrogen (secondary N) is 1. The molecule has 0 amide bonds. The number of aromatic nitrogens is 1. The Balaban J connectivity index is 1.30. The van der Waals surface area contributed by atoms with E-state index in [0.717, 1.165) is 53.8 Å². The van der Waals surface area contributed by atoms with Crippen LogP contribution >= 0.6 is 11.6 Å². The van der Waals surface area contributed by atoms with Crippen molar-refractivity contribution in [3.8, 4) is 5.69 Å². The number of halogens is 1. The predicted octanol–water partition coefficient (Wildman–Crippen LogP) is 5.07. The van der Waals surface area contributed by atoms with Crippen LogP contribution in [-0.2, 0) is 0 Å². The maximum absolute atomic E-state index is 6.47. The standard InChI is InChI=1S/C30H31ClN4/c1-23-21-27(24(2)35(23)29-16-10-9-15-28(29)31)22-32-34-19-17-33(18-20-34)30(25-11-5-3-6-12-25)26-13-7-4-8-14-26/h3-16,21-22,30H,17-20H2,1-2H3/p+1/b32-22-. The smallest absolute Gasteiger partial charge is 0.139 e. The number of para-hydroxylation sites is 1. The minimum Gasteiger partial charge on any atom is -0.322 e. The van der Waals surface area contributed by atoms with Crippen LogP contribution < -0.4 is 4.90 Å². The highest BCUT2D eigenvalue weighted by Gasteiger charge is 2.29. The van der Waals surface area contributed by atoms with E-state index in [-0.39, 0.29) is 0 Å². The second-order valence-corrected chi connectivity index (χ2v) is 9.63. The Labute approximate surface area is 213 Å². The van der Waals surface area contributed by atoms with Crippen LogP contribution in [0.4, 0.5) is 0 Å². The van der Waals surface area contributed by atoms with Crippen LogP contribution in [0.5, 0.6) is 0 Å². The van der Waals surface area contributed by atoms with E-state index in [1.54, 1.807) is 4.90 Å². The summed E-state index contributed by atoms with van der Waals surface area (Å²) in [6.07, 6.45) is 2.01. The Morgan fingerprint density at radius 1 is 0.829 bits per heavy atom. The van der Waals surface area contributed by atoms with Crippen LogP contribution in [0.2, 0.25) is 5.02 Å². The molecule has 1 aromatic heterocycles. The monoisotopic (exact) mass is 483 g/mol. The van der Waals surface area contributed by atoms with Gasteiger partial charge in [-0.1, -0.05) is 84.4 Å². The van der Waals surface area contributed by atoms with Gasteiger partial charge in [-0.2, -0.15) is 5.10 Å². The summed E-state index contributed by atoms with van der Waals surface area (Å²) in [5.74, 6) is 0. The molecule has 0 spiro atoms. The third-order valence-corrected chi connectivity index (χ3v) is 7.30. The Kier molecular flexibility index (Phi) is 7.03. The molecule has 3 aromatic carbocycles. The fourth-order valence-electron chi connectivity index (χ4n) is 5.21. The first-order valence-corrected chi connectivity index (χ1v) is 12.7. The minimum atomic E-state index is 0.345. The highest BCUT2D eigenvalue weighted by Crippen LogP contribution is 2.26. The van der Waals surface area contributed by atoms with Gasteiger partial charge in [0.1, 0.15) is 6.04 Å².